The van der Waals surface area contributed by atoms with Gasteiger partial charge in [0.1, 0.15) is 0 Å². The van der Waals surface area contributed by atoms with Gasteiger partial charge >= 0.3 is 0 Å². The molecule has 2 nitrogen and oxygen atoms in total. The molecule has 0 aromatic heterocycles. The molecule has 98 valence electrons. The third-order valence-electron chi connectivity index (χ3n) is 3.91. The van der Waals surface area contributed by atoms with E-state index in [9.17, 15) is 0 Å². The summed E-state index contributed by atoms with van der Waals surface area (Å²) in [6.07, 6.45) is 2.47. The first kappa shape index (κ1) is 12.1. The van der Waals surface area contributed by atoms with Gasteiger partial charge in [-0.25, -0.2) is 0 Å². The molecule has 2 aromatic rings. The summed E-state index contributed by atoms with van der Waals surface area (Å²) in [6.45, 7) is 3.29. The largest absolute Gasteiger partial charge is 0.399 e. The lowest BCUT2D eigenvalue weighted by molar-refractivity contribution is 0.719. The SMILES string of the molecule is Cc1cccc(N2CCCC2c2ccc(N)cc2)c1. The molecule has 0 radical (unpaired) electrons. The van der Waals surface area contributed by atoms with E-state index in [0.717, 1.165) is 12.2 Å². The topological polar surface area (TPSA) is 29.3 Å². The molecule has 0 spiro atoms. The van der Waals surface area contributed by atoms with Crippen LogP contribution in [0.2, 0.25) is 0 Å². The fraction of sp³-hybridized carbons (Fsp3) is 0.294. The summed E-state index contributed by atoms with van der Waals surface area (Å²) >= 11 is 0. The van der Waals surface area contributed by atoms with E-state index in [1.54, 1.807) is 0 Å². The Balaban J connectivity index is 1.91. The van der Waals surface area contributed by atoms with Crippen LogP contribution in [0.4, 0.5) is 11.4 Å². The minimum Gasteiger partial charge on any atom is -0.399 e. The zero-order chi connectivity index (χ0) is 13.2. The van der Waals surface area contributed by atoms with Crippen molar-refractivity contribution in [1.29, 1.82) is 0 Å². The van der Waals surface area contributed by atoms with E-state index in [1.807, 2.05) is 12.1 Å². The summed E-state index contributed by atoms with van der Waals surface area (Å²) in [5.41, 5.74) is 10.6. The van der Waals surface area contributed by atoms with Crippen LogP contribution in [-0.4, -0.2) is 6.54 Å². The highest BCUT2D eigenvalue weighted by atomic mass is 15.2. The predicted molar refractivity (Wildman–Crippen MR) is 81.4 cm³/mol. The Bertz CT molecular complexity index is 560. The standard InChI is InChI=1S/C17H20N2/c1-13-4-2-5-16(12-13)19-11-3-6-17(19)14-7-9-15(18)10-8-14/h2,4-5,7-10,12,17H,3,6,11,18H2,1H3. The Hall–Kier alpha value is -1.96. The number of hydrogen-bond acceptors (Lipinski definition) is 2. The van der Waals surface area contributed by atoms with Gasteiger partial charge in [-0.05, 0) is 55.2 Å². The third-order valence-corrected chi connectivity index (χ3v) is 3.91. The van der Waals surface area contributed by atoms with Crippen LogP contribution in [0.15, 0.2) is 48.5 Å². The van der Waals surface area contributed by atoms with Gasteiger partial charge in [-0.1, -0.05) is 24.3 Å². The fourth-order valence-corrected chi connectivity index (χ4v) is 2.95. The number of nitrogen functional groups attached to an aromatic ring is 1. The zero-order valence-corrected chi connectivity index (χ0v) is 11.3. The van der Waals surface area contributed by atoms with Gasteiger partial charge in [-0.2, -0.15) is 0 Å². The Morgan fingerprint density at radius 2 is 1.89 bits per heavy atom. The second-order valence-corrected chi connectivity index (χ2v) is 5.36. The first-order chi connectivity index (χ1) is 9.24. The third kappa shape index (κ3) is 2.43. The highest BCUT2D eigenvalue weighted by Crippen LogP contribution is 2.36. The summed E-state index contributed by atoms with van der Waals surface area (Å²) in [5.74, 6) is 0. The molecule has 0 amide bonds. The maximum atomic E-state index is 5.78. The van der Waals surface area contributed by atoms with Crippen molar-refractivity contribution in [2.24, 2.45) is 0 Å². The summed E-state index contributed by atoms with van der Waals surface area (Å²) in [7, 11) is 0. The molecule has 2 N–H and O–H groups in total. The molecular weight excluding hydrogens is 232 g/mol. The molecule has 0 saturated carbocycles. The molecule has 1 atom stereocenters. The van der Waals surface area contributed by atoms with E-state index in [0.29, 0.717) is 6.04 Å². The first-order valence-corrected chi connectivity index (χ1v) is 6.93. The van der Waals surface area contributed by atoms with Gasteiger partial charge in [0.25, 0.3) is 0 Å². The molecule has 2 aromatic carbocycles. The molecule has 1 heterocycles. The minimum absolute atomic E-state index is 0.488. The molecule has 1 fully saturated rings. The molecule has 0 aliphatic carbocycles. The Morgan fingerprint density at radius 3 is 2.63 bits per heavy atom. The van der Waals surface area contributed by atoms with Crippen molar-refractivity contribution in [1.82, 2.24) is 0 Å². The van der Waals surface area contributed by atoms with Crippen molar-refractivity contribution < 1.29 is 0 Å². The van der Waals surface area contributed by atoms with Crippen LogP contribution in [0, 0.1) is 6.92 Å². The second kappa shape index (κ2) is 4.96. The highest BCUT2D eigenvalue weighted by molar-refractivity contribution is 5.52. The number of nitrogens with zero attached hydrogens (tertiary/aromatic N) is 1. The van der Waals surface area contributed by atoms with Gasteiger partial charge < -0.3 is 10.6 Å². The molecule has 1 saturated heterocycles. The van der Waals surface area contributed by atoms with Crippen LogP contribution in [0.3, 0.4) is 0 Å². The van der Waals surface area contributed by atoms with E-state index in [1.165, 1.54) is 29.7 Å². The average Bonchev–Trinajstić information content (AvgIpc) is 2.89. The van der Waals surface area contributed by atoms with E-state index >= 15 is 0 Å². The number of hydrogen-bond donors (Lipinski definition) is 1. The van der Waals surface area contributed by atoms with Crippen molar-refractivity contribution in [2.45, 2.75) is 25.8 Å². The van der Waals surface area contributed by atoms with Crippen LogP contribution >= 0.6 is 0 Å². The van der Waals surface area contributed by atoms with Gasteiger partial charge in [-0.15, -0.1) is 0 Å². The van der Waals surface area contributed by atoms with Gasteiger partial charge in [0, 0.05) is 17.9 Å². The van der Waals surface area contributed by atoms with Crippen molar-refractivity contribution in [3.63, 3.8) is 0 Å². The molecule has 19 heavy (non-hydrogen) atoms. The molecular formula is C17H20N2. The van der Waals surface area contributed by atoms with E-state index < -0.39 is 0 Å². The van der Waals surface area contributed by atoms with Crippen LogP contribution in [0.1, 0.15) is 30.0 Å². The van der Waals surface area contributed by atoms with Crippen LogP contribution in [0.25, 0.3) is 0 Å². The normalized spacial score (nSPS) is 18.8. The average molecular weight is 252 g/mol. The number of aryl methyl sites for hydroxylation is 1. The Morgan fingerprint density at radius 1 is 1.11 bits per heavy atom. The minimum atomic E-state index is 0.488. The van der Waals surface area contributed by atoms with E-state index in [4.69, 9.17) is 5.73 Å². The summed E-state index contributed by atoms with van der Waals surface area (Å²) < 4.78 is 0. The molecule has 1 aliphatic heterocycles. The highest BCUT2D eigenvalue weighted by Gasteiger charge is 2.25. The molecule has 3 rings (SSSR count). The lowest BCUT2D eigenvalue weighted by Gasteiger charge is -2.27. The van der Waals surface area contributed by atoms with Crippen molar-refractivity contribution in [3.8, 4) is 0 Å². The van der Waals surface area contributed by atoms with Crippen molar-refractivity contribution >= 4 is 11.4 Å². The van der Waals surface area contributed by atoms with Crippen molar-refractivity contribution in [3.05, 3.63) is 59.7 Å². The van der Waals surface area contributed by atoms with Crippen molar-refractivity contribution in [2.75, 3.05) is 17.2 Å². The summed E-state index contributed by atoms with van der Waals surface area (Å²) in [6, 6.07) is 17.6. The number of nitrogens with two attached hydrogens (primary N) is 1. The zero-order valence-electron chi connectivity index (χ0n) is 11.3. The smallest absolute Gasteiger partial charge is 0.0543 e. The number of anilines is 2. The van der Waals surface area contributed by atoms with Crippen LogP contribution in [0.5, 0.6) is 0 Å². The molecule has 0 bridgehead atoms. The monoisotopic (exact) mass is 252 g/mol. The van der Waals surface area contributed by atoms with Gasteiger partial charge in [0.15, 0.2) is 0 Å². The van der Waals surface area contributed by atoms with Gasteiger partial charge in [-0.3, -0.25) is 0 Å². The van der Waals surface area contributed by atoms with Gasteiger partial charge in [0.2, 0.25) is 0 Å². The van der Waals surface area contributed by atoms with E-state index in [-0.39, 0.29) is 0 Å². The maximum Gasteiger partial charge on any atom is 0.0543 e. The first-order valence-electron chi connectivity index (χ1n) is 6.93. The Kier molecular flexibility index (Phi) is 3.16. The van der Waals surface area contributed by atoms with Crippen LogP contribution in [-0.2, 0) is 0 Å². The summed E-state index contributed by atoms with van der Waals surface area (Å²) in [5, 5.41) is 0. The number of rotatable bonds is 2. The lowest BCUT2D eigenvalue weighted by atomic mass is 10.0. The van der Waals surface area contributed by atoms with Gasteiger partial charge in [0.05, 0.1) is 6.04 Å². The molecule has 1 unspecified atom stereocenters. The lowest BCUT2D eigenvalue weighted by Crippen LogP contribution is -2.22. The Labute approximate surface area is 114 Å². The quantitative estimate of drug-likeness (QED) is 0.821. The van der Waals surface area contributed by atoms with Crippen LogP contribution < -0.4 is 10.6 Å². The number of benzene rings is 2. The fourth-order valence-electron chi connectivity index (χ4n) is 2.95. The van der Waals surface area contributed by atoms with E-state index in [2.05, 4.69) is 48.2 Å². The summed E-state index contributed by atoms with van der Waals surface area (Å²) in [4.78, 5) is 2.51. The molecule has 2 heteroatoms. The molecule has 1 aliphatic rings. The maximum absolute atomic E-state index is 5.78. The predicted octanol–water partition coefficient (Wildman–Crippen LogP) is 3.92. The second-order valence-electron chi connectivity index (χ2n) is 5.36.